The molecule has 1 aromatic rings. The molecule has 2 nitrogen and oxygen atoms in total. The first kappa shape index (κ1) is 13.0. The minimum atomic E-state index is 0.118. The van der Waals surface area contributed by atoms with E-state index in [1.807, 2.05) is 6.92 Å². The van der Waals surface area contributed by atoms with Crippen molar-refractivity contribution in [3.8, 4) is 0 Å². The van der Waals surface area contributed by atoms with Crippen LogP contribution in [0.4, 0.5) is 5.69 Å². The Hall–Kier alpha value is -1.02. The summed E-state index contributed by atoms with van der Waals surface area (Å²) in [6.45, 7) is 9.76. The van der Waals surface area contributed by atoms with Crippen molar-refractivity contribution in [1.29, 1.82) is 0 Å². The zero-order chi connectivity index (χ0) is 12.1. The molecular formula is C14H24N2. The molecule has 2 unspecified atom stereocenters. The number of benzene rings is 1. The van der Waals surface area contributed by atoms with Gasteiger partial charge in [-0.15, -0.1) is 0 Å². The molecule has 2 atom stereocenters. The third-order valence-corrected chi connectivity index (χ3v) is 3.21. The molecule has 0 spiro atoms. The summed E-state index contributed by atoms with van der Waals surface area (Å²) < 4.78 is 0. The largest absolute Gasteiger partial charge is 0.369 e. The Labute approximate surface area is 99.5 Å². The van der Waals surface area contributed by atoms with Crippen LogP contribution in [0.1, 0.15) is 45.7 Å². The lowest BCUT2D eigenvalue weighted by Gasteiger charge is -2.29. The molecular weight excluding hydrogens is 196 g/mol. The van der Waals surface area contributed by atoms with Crippen molar-refractivity contribution in [1.82, 2.24) is 0 Å². The van der Waals surface area contributed by atoms with Crippen molar-refractivity contribution in [3.05, 3.63) is 29.8 Å². The summed E-state index contributed by atoms with van der Waals surface area (Å²) >= 11 is 0. The van der Waals surface area contributed by atoms with Gasteiger partial charge in [0.1, 0.15) is 0 Å². The summed E-state index contributed by atoms with van der Waals surface area (Å²) in [5, 5.41) is 0. The maximum atomic E-state index is 5.84. The molecule has 2 N–H and O–H groups in total. The molecule has 0 saturated carbocycles. The first-order valence-corrected chi connectivity index (χ1v) is 6.22. The van der Waals surface area contributed by atoms with Gasteiger partial charge in [-0.25, -0.2) is 0 Å². The van der Waals surface area contributed by atoms with E-state index in [1.54, 1.807) is 0 Å². The van der Waals surface area contributed by atoms with Crippen LogP contribution in [0.15, 0.2) is 24.3 Å². The Morgan fingerprint density at radius 2 is 1.69 bits per heavy atom. The smallest absolute Gasteiger partial charge is 0.0368 e. The highest BCUT2D eigenvalue weighted by molar-refractivity contribution is 5.48. The molecule has 0 amide bonds. The van der Waals surface area contributed by atoms with Crippen LogP contribution in [0, 0.1) is 0 Å². The summed E-state index contributed by atoms with van der Waals surface area (Å²) in [7, 11) is 0. The molecule has 1 rings (SSSR count). The highest BCUT2D eigenvalue weighted by atomic mass is 15.1. The van der Waals surface area contributed by atoms with E-state index in [0.29, 0.717) is 6.04 Å². The van der Waals surface area contributed by atoms with Crippen LogP contribution in [0.25, 0.3) is 0 Å². The molecule has 0 bridgehead atoms. The van der Waals surface area contributed by atoms with E-state index < -0.39 is 0 Å². The van der Waals surface area contributed by atoms with Gasteiger partial charge in [-0.05, 0) is 44.9 Å². The predicted molar refractivity (Wildman–Crippen MR) is 71.8 cm³/mol. The SMILES string of the molecule is CCC(C)N(CC)c1ccc(C(C)N)cc1. The fourth-order valence-corrected chi connectivity index (χ4v) is 1.94. The number of anilines is 1. The average molecular weight is 220 g/mol. The van der Waals surface area contributed by atoms with Gasteiger partial charge >= 0.3 is 0 Å². The minimum Gasteiger partial charge on any atom is -0.369 e. The van der Waals surface area contributed by atoms with Crippen LogP contribution >= 0.6 is 0 Å². The van der Waals surface area contributed by atoms with Crippen LogP contribution in [0.2, 0.25) is 0 Å². The van der Waals surface area contributed by atoms with Crippen LogP contribution < -0.4 is 10.6 Å². The van der Waals surface area contributed by atoms with Crippen LogP contribution in [-0.4, -0.2) is 12.6 Å². The second-order valence-corrected chi connectivity index (χ2v) is 4.42. The van der Waals surface area contributed by atoms with E-state index in [1.165, 1.54) is 17.7 Å². The molecule has 0 heterocycles. The Morgan fingerprint density at radius 1 is 1.12 bits per heavy atom. The number of hydrogen-bond acceptors (Lipinski definition) is 2. The van der Waals surface area contributed by atoms with Gasteiger partial charge in [0.05, 0.1) is 0 Å². The summed E-state index contributed by atoms with van der Waals surface area (Å²) in [5.41, 5.74) is 8.34. The molecule has 1 aromatic carbocycles. The number of nitrogens with zero attached hydrogens (tertiary/aromatic N) is 1. The second kappa shape index (κ2) is 5.90. The zero-order valence-electron chi connectivity index (χ0n) is 10.9. The summed E-state index contributed by atoms with van der Waals surface area (Å²) in [4.78, 5) is 2.42. The maximum Gasteiger partial charge on any atom is 0.0368 e. The first-order valence-electron chi connectivity index (χ1n) is 6.22. The van der Waals surface area contributed by atoms with Crippen LogP contribution in [-0.2, 0) is 0 Å². The van der Waals surface area contributed by atoms with Gasteiger partial charge in [-0.3, -0.25) is 0 Å². The van der Waals surface area contributed by atoms with Crippen molar-refractivity contribution >= 4 is 5.69 Å². The highest BCUT2D eigenvalue weighted by Crippen LogP contribution is 2.20. The predicted octanol–water partition coefficient (Wildman–Crippen LogP) is 3.33. The molecule has 0 aromatic heterocycles. The van der Waals surface area contributed by atoms with Gasteiger partial charge in [-0.2, -0.15) is 0 Å². The fraction of sp³-hybridized carbons (Fsp3) is 0.571. The van der Waals surface area contributed by atoms with E-state index in [4.69, 9.17) is 5.73 Å². The third-order valence-electron chi connectivity index (χ3n) is 3.21. The Morgan fingerprint density at radius 3 is 2.06 bits per heavy atom. The van der Waals surface area contributed by atoms with Gasteiger partial charge < -0.3 is 10.6 Å². The highest BCUT2D eigenvalue weighted by Gasteiger charge is 2.10. The van der Waals surface area contributed by atoms with Crippen molar-refractivity contribution in [3.63, 3.8) is 0 Å². The molecule has 0 fully saturated rings. The normalized spacial score (nSPS) is 14.6. The van der Waals surface area contributed by atoms with Crippen LogP contribution in [0.3, 0.4) is 0 Å². The molecule has 0 aliphatic carbocycles. The van der Waals surface area contributed by atoms with E-state index in [0.717, 1.165) is 6.54 Å². The van der Waals surface area contributed by atoms with Gasteiger partial charge in [0, 0.05) is 24.3 Å². The Kier molecular flexibility index (Phi) is 4.81. The van der Waals surface area contributed by atoms with Crippen molar-refractivity contribution < 1.29 is 0 Å². The minimum absolute atomic E-state index is 0.118. The number of rotatable bonds is 5. The standard InChI is InChI=1S/C14H24N2/c1-5-11(3)16(6-2)14-9-7-13(8-10-14)12(4)15/h7-12H,5-6,15H2,1-4H3. The van der Waals surface area contributed by atoms with E-state index in [-0.39, 0.29) is 6.04 Å². The van der Waals surface area contributed by atoms with Gasteiger partial charge in [0.25, 0.3) is 0 Å². The molecule has 2 heteroatoms. The molecule has 0 aliphatic rings. The lowest BCUT2D eigenvalue weighted by atomic mass is 10.1. The molecule has 0 saturated heterocycles. The second-order valence-electron chi connectivity index (χ2n) is 4.42. The van der Waals surface area contributed by atoms with Gasteiger partial charge in [0.15, 0.2) is 0 Å². The topological polar surface area (TPSA) is 29.3 Å². The molecule has 90 valence electrons. The third kappa shape index (κ3) is 2.99. The van der Waals surface area contributed by atoms with E-state index >= 15 is 0 Å². The van der Waals surface area contributed by atoms with Gasteiger partial charge in [-0.1, -0.05) is 19.1 Å². The van der Waals surface area contributed by atoms with E-state index in [9.17, 15) is 0 Å². The van der Waals surface area contributed by atoms with Crippen LogP contribution in [0.5, 0.6) is 0 Å². The lowest BCUT2D eigenvalue weighted by Crippen LogP contribution is -2.32. The quantitative estimate of drug-likeness (QED) is 0.824. The van der Waals surface area contributed by atoms with E-state index in [2.05, 4.69) is 49.9 Å². The first-order chi connectivity index (χ1) is 7.60. The number of hydrogen-bond donors (Lipinski definition) is 1. The summed E-state index contributed by atoms with van der Waals surface area (Å²) in [6.07, 6.45) is 1.17. The van der Waals surface area contributed by atoms with Crippen molar-refractivity contribution in [2.75, 3.05) is 11.4 Å². The lowest BCUT2D eigenvalue weighted by molar-refractivity contribution is 0.630. The Balaban J connectivity index is 2.86. The maximum absolute atomic E-state index is 5.84. The average Bonchev–Trinajstić information content (AvgIpc) is 2.30. The number of nitrogens with two attached hydrogens (primary N) is 1. The van der Waals surface area contributed by atoms with Crippen molar-refractivity contribution in [2.24, 2.45) is 5.73 Å². The monoisotopic (exact) mass is 220 g/mol. The van der Waals surface area contributed by atoms with Crippen molar-refractivity contribution in [2.45, 2.75) is 46.2 Å². The summed E-state index contributed by atoms with van der Waals surface area (Å²) in [6, 6.07) is 9.32. The van der Waals surface area contributed by atoms with Gasteiger partial charge in [0.2, 0.25) is 0 Å². The fourth-order valence-electron chi connectivity index (χ4n) is 1.94. The summed E-state index contributed by atoms with van der Waals surface area (Å²) in [5.74, 6) is 0. The molecule has 16 heavy (non-hydrogen) atoms. The zero-order valence-corrected chi connectivity index (χ0v) is 10.9. The molecule has 0 aliphatic heterocycles. The Bertz CT molecular complexity index is 303. The molecule has 0 radical (unpaired) electrons.